The van der Waals surface area contributed by atoms with E-state index in [0.717, 1.165) is 40.4 Å². The van der Waals surface area contributed by atoms with E-state index in [1.165, 1.54) is 16.2 Å². The quantitative estimate of drug-likeness (QED) is 0.338. The molecule has 1 aromatic carbocycles. The molecular formula is C24H23N3O3S3. The third-order valence-corrected chi connectivity index (χ3v) is 8.75. The van der Waals surface area contributed by atoms with Gasteiger partial charge in [0.1, 0.15) is 15.4 Å². The molecule has 0 saturated heterocycles. The zero-order chi connectivity index (χ0) is 23.4. The Labute approximate surface area is 205 Å². The van der Waals surface area contributed by atoms with Crippen LogP contribution in [0.4, 0.5) is 5.00 Å². The van der Waals surface area contributed by atoms with Gasteiger partial charge in [-0.3, -0.25) is 4.79 Å². The lowest BCUT2D eigenvalue weighted by atomic mass is 9.89. The van der Waals surface area contributed by atoms with Crippen LogP contribution in [-0.2, 0) is 28.1 Å². The van der Waals surface area contributed by atoms with E-state index in [4.69, 9.17) is 4.74 Å². The molecule has 1 unspecified atom stereocenters. The first-order valence-electron chi connectivity index (χ1n) is 10.6. The summed E-state index contributed by atoms with van der Waals surface area (Å²) < 4.78 is 6.24. The molecule has 1 atom stereocenters. The number of carbonyl (C=O) groups excluding carboxylic acids is 2. The minimum Gasteiger partial charge on any atom is -0.452 e. The van der Waals surface area contributed by atoms with Crippen LogP contribution < -0.4 is 5.32 Å². The maximum atomic E-state index is 12.7. The van der Waals surface area contributed by atoms with Gasteiger partial charge < -0.3 is 10.1 Å². The number of esters is 1. The van der Waals surface area contributed by atoms with Gasteiger partial charge in [0.25, 0.3) is 5.91 Å². The SMILES string of the molecule is Cc1csc(SCc2ccccc2C(=O)OCC(=O)Nc2sc3c(c2C#N)CCC(C)C3)n1. The van der Waals surface area contributed by atoms with Crippen molar-refractivity contribution in [3.63, 3.8) is 0 Å². The Morgan fingerprint density at radius 2 is 2.18 bits per heavy atom. The van der Waals surface area contributed by atoms with Gasteiger partial charge in [0.15, 0.2) is 6.61 Å². The van der Waals surface area contributed by atoms with E-state index < -0.39 is 18.5 Å². The van der Waals surface area contributed by atoms with Crippen LogP contribution in [-0.4, -0.2) is 23.5 Å². The van der Waals surface area contributed by atoms with Gasteiger partial charge in [0.05, 0.1) is 11.1 Å². The summed E-state index contributed by atoms with van der Waals surface area (Å²) in [5.41, 5.74) is 3.83. The highest BCUT2D eigenvalue weighted by atomic mass is 32.2. The Bertz CT molecular complexity index is 1230. The number of thiazole rings is 1. The molecule has 0 aliphatic heterocycles. The minimum absolute atomic E-state index is 0.407. The average molecular weight is 498 g/mol. The summed E-state index contributed by atoms with van der Waals surface area (Å²) in [6.45, 7) is 3.74. The number of ether oxygens (including phenoxy) is 1. The molecule has 0 fully saturated rings. The van der Waals surface area contributed by atoms with Crippen LogP contribution in [0, 0.1) is 24.2 Å². The highest BCUT2D eigenvalue weighted by Crippen LogP contribution is 2.39. The van der Waals surface area contributed by atoms with Gasteiger partial charge in [-0.1, -0.05) is 36.9 Å². The molecule has 0 saturated carbocycles. The second-order valence-electron chi connectivity index (χ2n) is 7.99. The number of amides is 1. The van der Waals surface area contributed by atoms with Crippen LogP contribution in [0.2, 0.25) is 0 Å². The van der Waals surface area contributed by atoms with Gasteiger partial charge >= 0.3 is 5.97 Å². The number of benzene rings is 1. The Kier molecular flexibility index (Phi) is 7.48. The molecule has 6 nitrogen and oxygen atoms in total. The molecule has 3 aromatic rings. The molecule has 170 valence electrons. The molecule has 0 bridgehead atoms. The molecule has 33 heavy (non-hydrogen) atoms. The van der Waals surface area contributed by atoms with E-state index in [9.17, 15) is 14.9 Å². The molecule has 2 heterocycles. The smallest absolute Gasteiger partial charge is 0.338 e. The molecular weight excluding hydrogens is 474 g/mol. The molecule has 1 N–H and O–H groups in total. The van der Waals surface area contributed by atoms with Crippen molar-refractivity contribution in [2.45, 2.75) is 43.2 Å². The second-order valence-corrected chi connectivity index (χ2v) is 11.2. The van der Waals surface area contributed by atoms with Gasteiger partial charge in [0, 0.05) is 21.7 Å². The van der Waals surface area contributed by atoms with Crippen LogP contribution in [0.5, 0.6) is 0 Å². The monoisotopic (exact) mass is 497 g/mol. The molecule has 9 heteroatoms. The van der Waals surface area contributed by atoms with Crippen molar-refractivity contribution in [1.29, 1.82) is 5.26 Å². The summed E-state index contributed by atoms with van der Waals surface area (Å²) in [5, 5.41) is 14.9. The Morgan fingerprint density at radius 3 is 2.94 bits per heavy atom. The predicted molar refractivity (Wildman–Crippen MR) is 132 cm³/mol. The van der Waals surface area contributed by atoms with Gasteiger partial charge in [-0.15, -0.1) is 22.7 Å². The summed E-state index contributed by atoms with van der Waals surface area (Å²) in [7, 11) is 0. The largest absolute Gasteiger partial charge is 0.452 e. The van der Waals surface area contributed by atoms with E-state index in [-0.39, 0.29) is 0 Å². The molecule has 0 radical (unpaired) electrons. The van der Waals surface area contributed by atoms with Crippen molar-refractivity contribution >= 4 is 51.3 Å². The lowest BCUT2D eigenvalue weighted by Crippen LogP contribution is -2.21. The zero-order valence-corrected chi connectivity index (χ0v) is 20.8. The van der Waals surface area contributed by atoms with Crippen molar-refractivity contribution in [2.75, 3.05) is 11.9 Å². The fourth-order valence-corrected chi connectivity index (χ4v) is 6.94. The van der Waals surface area contributed by atoms with Crippen molar-refractivity contribution < 1.29 is 14.3 Å². The van der Waals surface area contributed by atoms with Crippen molar-refractivity contribution in [3.05, 3.63) is 62.5 Å². The third kappa shape index (κ3) is 5.64. The maximum Gasteiger partial charge on any atom is 0.338 e. The molecule has 0 spiro atoms. The van der Waals surface area contributed by atoms with E-state index in [1.807, 2.05) is 24.4 Å². The molecule has 1 aliphatic carbocycles. The minimum atomic E-state index is -0.545. The number of anilines is 1. The number of nitrogens with one attached hydrogen (secondary N) is 1. The Hall–Kier alpha value is -2.67. The number of hydrogen-bond acceptors (Lipinski definition) is 8. The van der Waals surface area contributed by atoms with Crippen molar-refractivity contribution in [1.82, 2.24) is 4.98 Å². The summed E-state index contributed by atoms with van der Waals surface area (Å²) in [6, 6.07) is 9.45. The molecule has 2 aromatic heterocycles. The maximum absolute atomic E-state index is 12.7. The number of aryl methyl sites for hydroxylation is 1. The number of nitrogens with zero attached hydrogens (tertiary/aromatic N) is 2. The first kappa shape index (κ1) is 23.5. The van der Waals surface area contributed by atoms with Crippen LogP contribution in [0.25, 0.3) is 0 Å². The van der Waals surface area contributed by atoms with Crippen molar-refractivity contribution in [2.24, 2.45) is 5.92 Å². The van der Waals surface area contributed by atoms with E-state index in [0.29, 0.717) is 27.8 Å². The predicted octanol–water partition coefficient (Wildman–Crippen LogP) is 5.60. The van der Waals surface area contributed by atoms with Crippen LogP contribution in [0.1, 0.15) is 51.0 Å². The number of thioether (sulfide) groups is 1. The van der Waals surface area contributed by atoms with E-state index >= 15 is 0 Å². The highest BCUT2D eigenvalue weighted by Gasteiger charge is 2.25. The zero-order valence-electron chi connectivity index (χ0n) is 18.3. The summed E-state index contributed by atoms with van der Waals surface area (Å²) >= 11 is 4.59. The van der Waals surface area contributed by atoms with Crippen LogP contribution in [0.3, 0.4) is 0 Å². The second kappa shape index (κ2) is 10.5. The molecule has 1 amide bonds. The summed E-state index contributed by atoms with van der Waals surface area (Å²) in [6.07, 6.45) is 2.83. The van der Waals surface area contributed by atoms with Crippen LogP contribution in [0.15, 0.2) is 34.0 Å². The number of thiophene rings is 1. The normalized spacial score (nSPS) is 14.9. The summed E-state index contributed by atoms with van der Waals surface area (Å²) in [4.78, 5) is 30.8. The van der Waals surface area contributed by atoms with Gasteiger partial charge in [0.2, 0.25) is 0 Å². The molecule has 1 aliphatic rings. The fourth-order valence-electron chi connectivity index (χ4n) is 3.71. The van der Waals surface area contributed by atoms with Crippen LogP contribution >= 0.6 is 34.4 Å². The lowest BCUT2D eigenvalue weighted by molar-refractivity contribution is -0.119. The average Bonchev–Trinajstić information content (AvgIpc) is 3.37. The molecule has 4 rings (SSSR count). The lowest BCUT2D eigenvalue weighted by Gasteiger charge is -2.17. The Morgan fingerprint density at radius 1 is 1.36 bits per heavy atom. The number of nitriles is 1. The standard InChI is InChI=1S/C24H23N3O3S3/c1-14-7-8-18-19(10-25)22(33-20(18)9-14)27-21(28)11-30-23(29)17-6-4-3-5-16(17)13-32-24-26-15(2)12-31-24/h3-6,12,14H,7-9,11,13H2,1-2H3,(H,27,28). The van der Waals surface area contributed by atoms with Gasteiger partial charge in [-0.25, -0.2) is 9.78 Å². The topological polar surface area (TPSA) is 92.1 Å². The van der Waals surface area contributed by atoms with E-state index in [2.05, 4.69) is 23.3 Å². The summed E-state index contributed by atoms with van der Waals surface area (Å²) in [5.74, 6) is 0.160. The van der Waals surface area contributed by atoms with Crippen molar-refractivity contribution in [3.8, 4) is 6.07 Å². The Balaban J connectivity index is 1.37. The number of hydrogen-bond donors (Lipinski definition) is 1. The number of carbonyl (C=O) groups is 2. The third-order valence-electron chi connectivity index (χ3n) is 5.40. The first-order valence-corrected chi connectivity index (χ1v) is 13.3. The highest BCUT2D eigenvalue weighted by molar-refractivity contribution is 8.00. The number of rotatable bonds is 7. The first-order chi connectivity index (χ1) is 15.9. The number of aromatic nitrogens is 1. The van der Waals surface area contributed by atoms with E-state index in [1.54, 1.807) is 35.2 Å². The van der Waals surface area contributed by atoms with Gasteiger partial charge in [-0.2, -0.15) is 5.26 Å². The fraction of sp³-hybridized carbons (Fsp3) is 0.333. The number of fused-ring (bicyclic) bond motifs is 1. The van der Waals surface area contributed by atoms with Gasteiger partial charge in [-0.05, 0) is 49.3 Å².